The van der Waals surface area contributed by atoms with Gasteiger partial charge in [0.15, 0.2) is 0 Å². The monoisotopic (exact) mass is 271 g/mol. The highest BCUT2D eigenvalue weighted by molar-refractivity contribution is 6.33. The van der Waals surface area contributed by atoms with Crippen molar-refractivity contribution in [2.75, 3.05) is 5.32 Å². The Bertz CT molecular complexity index is 459. The fraction of sp³-hybridized carbons (Fsp3) is 0.333. The van der Waals surface area contributed by atoms with Gasteiger partial charge < -0.3 is 15.5 Å². The van der Waals surface area contributed by atoms with Crippen LogP contribution in [0, 0.1) is 0 Å². The van der Waals surface area contributed by atoms with Crippen LogP contribution < -0.4 is 5.32 Å². The second-order valence-corrected chi connectivity index (χ2v) is 4.34. The summed E-state index contributed by atoms with van der Waals surface area (Å²) in [5.41, 5.74) is 0.303. The molecule has 98 valence electrons. The number of hydrogen-bond donors (Lipinski definition) is 3. The predicted molar refractivity (Wildman–Crippen MR) is 68.0 cm³/mol. The first kappa shape index (κ1) is 14.5. The van der Waals surface area contributed by atoms with Crippen LogP contribution in [0.5, 0.6) is 0 Å². The van der Waals surface area contributed by atoms with Crippen LogP contribution in [-0.2, 0) is 4.79 Å². The van der Waals surface area contributed by atoms with E-state index in [9.17, 15) is 9.59 Å². The molecule has 1 amide bonds. The molecule has 0 fully saturated rings. The molecule has 0 spiro atoms. The number of aromatic carboxylic acids is 1. The second-order valence-electron chi connectivity index (χ2n) is 3.94. The summed E-state index contributed by atoms with van der Waals surface area (Å²) >= 11 is 5.70. The highest BCUT2D eigenvalue weighted by Gasteiger charge is 2.11. The molecule has 1 aromatic carbocycles. The minimum atomic E-state index is -1.15. The maximum atomic E-state index is 11.5. The summed E-state index contributed by atoms with van der Waals surface area (Å²) in [5, 5.41) is 20.6. The van der Waals surface area contributed by atoms with Gasteiger partial charge >= 0.3 is 5.97 Å². The van der Waals surface area contributed by atoms with Crippen molar-refractivity contribution in [1.82, 2.24) is 0 Å². The average Bonchev–Trinajstić information content (AvgIpc) is 2.28. The third-order valence-corrected chi connectivity index (χ3v) is 2.60. The number of carboxylic acids is 1. The van der Waals surface area contributed by atoms with Crippen LogP contribution in [0.2, 0.25) is 5.02 Å². The van der Waals surface area contributed by atoms with Crippen molar-refractivity contribution in [3.63, 3.8) is 0 Å². The molecule has 0 radical (unpaired) electrons. The first-order chi connectivity index (χ1) is 8.40. The zero-order valence-electron chi connectivity index (χ0n) is 9.81. The number of anilines is 1. The Hall–Kier alpha value is -1.59. The van der Waals surface area contributed by atoms with Gasteiger partial charge in [0.05, 0.1) is 16.7 Å². The normalized spacial score (nSPS) is 11.9. The number of benzene rings is 1. The molecule has 0 heterocycles. The maximum absolute atomic E-state index is 11.5. The SMILES string of the molecule is CC(O)CCC(=O)Nc1ccc(Cl)c(C(=O)O)c1. The van der Waals surface area contributed by atoms with E-state index in [0.29, 0.717) is 12.1 Å². The highest BCUT2D eigenvalue weighted by atomic mass is 35.5. The van der Waals surface area contributed by atoms with E-state index in [-0.39, 0.29) is 22.9 Å². The van der Waals surface area contributed by atoms with Crippen molar-refractivity contribution >= 4 is 29.2 Å². The summed E-state index contributed by atoms with van der Waals surface area (Å²) in [6.45, 7) is 1.60. The van der Waals surface area contributed by atoms with E-state index in [2.05, 4.69) is 5.32 Å². The minimum Gasteiger partial charge on any atom is -0.478 e. The van der Waals surface area contributed by atoms with Gasteiger partial charge in [0.1, 0.15) is 0 Å². The number of nitrogens with one attached hydrogen (secondary N) is 1. The number of carbonyl (C=O) groups is 2. The number of amides is 1. The molecule has 1 aromatic rings. The van der Waals surface area contributed by atoms with Crippen LogP contribution in [0.3, 0.4) is 0 Å². The summed E-state index contributed by atoms with van der Waals surface area (Å²) in [6, 6.07) is 4.23. The third-order valence-electron chi connectivity index (χ3n) is 2.27. The van der Waals surface area contributed by atoms with Crippen molar-refractivity contribution in [3.05, 3.63) is 28.8 Å². The maximum Gasteiger partial charge on any atom is 0.337 e. The Balaban J connectivity index is 2.70. The van der Waals surface area contributed by atoms with Gasteiger partial charge in [0.2, 0.25) is 5.91 Å². The Morgan fingerprint density at radius 2 is 2.11 bits per heavy atom. The van der Waals surface area contributed by atoms with Gasteiger partial charge in [-0.25, -0.2) is 4.79 Å². The third kappa shape index (κ3) is 4.35. The van der Waals surface area contributed by atoms with E-state index < -0.39 is 12.1 Å². The summed E-state index contributed by atoms with van der Waals surface area (Å²) in [6.07, 6.45) is -0.0241. The van der Waals surface area contributed by atoms with Crippen molar-refractivity contribution in [3.8, 4) is 0 Å². The second kappa shape index (κ2) is 6.37. The smallest absolute Gasteiger partial charge is 0.337 e. The van der Waals surface area contributed by atoms with E-state index in [1.165, 1.54) is 18.2 Å². The molecule has 1 atom stereocenters. The molecule has 1 unspecified atom stereocenters. The molecular weight excluding hydrogens is 258 g/mol. The molecule has 18 heavy (non-hydrogen) atoms. The van der Waals surface area contributed by atoms with Crippen LogP contribution in [0.15, 0.2) is 18.2 Å². The number of aliphatic hydroxyl groups excluding tert-OH is 1. The Morgan fingerprint density at radius 3 is 2.67 bits per heavy atom. The molecule has 6 heteroatoms. The van der Waals surface area contributed by atoms with Gasteiger partial charge in [-0.3, -0.25) is 4.79 Å². The number of halogens is 1. The lowest BCUT2D eigenvalue weighted by atomic mass is 10.2. The number of carbonyl (C=O) groups excluding carboxylic acids is 1. The molecular formula is C12H14ClNO4. The molecule has 3 N–H and O–H groups in total. The number of rotatable bonds is 5. The lowest BCUT2D eigenvalue weighted by molar-refractivity contribution is -0.116. The van der Waals surface area contributed by atoms with Gasteiger partial charge in [0.25, 0.3) is 0 Å². The van der Waals surface area contributed by atoms with Crippen molar-refractivity contribution in [2.24, 2.45) is 0 Å². The summed E-state index contributed by atoms with van der Waals surface area (Å²) in [4.78, 5) is 22.3. The molecule has 0 saturated heterocycles. The lowest BCUT2D eigenvalue weighted by Gasteiger charge is -2.08. The van der Waals surface area contributed by atoms with Crippen molar-refractivity contribution < 1.29 is 19.8 Å². The minimum absolute atomic E-state index is 0.0648. The van der Waals surface area contributed by atoms with Crippen molar-refractivity contribution in [2.45, 2.75) is 25.9 Å². The topological polar surface area (TPSA) is 86.6 Å². The summed E-state index contributed by atoms with van der Waals surface area (Å²) < 4.78 is 0. The van der Waals surface area contributed by atoms with Crippen LogP contribution >= 0.6 is 11.6 Å². The van der Waals surface area contributed by atoms with Gasteiger partial charge in [-0.1, -0.05) is 11.6 Å². The molecule has 0 saturated carbocycles. The van der Waals surface area contributed by atoms with E-state index in [1.54, 1.807) is 6.92 Å². The first-order valence-electron chi connectivity index (χ1n) is 5.41. The lowest BCUT2D eigenvalue weighted by Crippen LogP contribution is -2.14. The quantitative estimate of drug-likeness (QED) is 0.766. The summed E-state index contributed by atoms with van der Waals surface area (Å²) in [5.74, 6) is -1.44. The molecule has 0 aliphatic rings. The van der Waals surface area contributed by atoms with E-state index in [1.807, 2.05) is 0 Å². The number of carboxylic acid groups (broad SMARTS) is 1. The summed E-state index contributed by atoms with van der Waals surface area (Å²) in [7, 11) is 0. The van der Waals surface area contributed by atoms with Gasteiger partial charge in [-0.05, 0) is 31.5 Å². The number of aliphatic hydroxyl groups is 1. The molecule has 0 aliphatic carbocycles. The zero-order chi connectivity index (χ0) is 13.7. The number of hydrogen-bond acceptors (Lipinski definition) is 3. The van der Waals surface area contributed by atoms with Crippen LogP contribution in [0.25, 0.3) is 0 Å². The van der Waals surface area contributed by atoms with Gasteiger partial charge in [-0.15, -0.1) is 0 Å². The largest absolute Gasteiger partial charge is 0.478 e. The fourth-order valence-electron chi connectivity index (χ4n) is 1.33. The van der Waals surface area contributed by atoms with Crippen LogP contribution in [0.4, 0.5) is 5.69 Å². The standard InChI is InChI=1S/C12H14ClNO4/c1-7(15)2-5-11(16)14-8-3-4-10(13)9(6-8)12(17)18/h3-4,6-7,15H,2,5H2,1H3,(H,14,16)(H,17,18). The average molecular weight is 272 g/mol. The van der Waals surface area contributed by atoms with Crippen molar-refractivity contribution in [1.29, 1.82) is 0 Å². The van der Waals surface area contributed by atoms with Gasteiger partial charge in [-0.2, -0.15) is 0 Å². The Labute approximate surface area is 109 Å². The Kier molecular flexibility index (Phi) is 5.12. The highest BCUT2D eigenvalue weighted by Crippen LogP contribution is 2.20. The van der Waals surface area contributed by atoms with Gasteiger partial charge in [0, 0.05) is 12.1 Å². The van der Waals surface area contributed by atoms with Crippen LogP contribution in [-0.4, -0.2) is 28.2 Å². The molecule has 0 aromatic heterocycles. The Morgan fingerprint density at radius 1 is 1.44 bits per heavy atom. The first-order valence-corrected chi connectivity index (χ1v) is 5.78. The van der Waals surface area contributed by atoms with E-state index in [4.69, 9.17) is 21.8 Å². The molecule has 1 rings (SSSR count). The molecule has 0 bridgehead atoms. The molecule has 5 nitrogen and oxygen atoms in total. The fourth-order valence-corrected chi connectivity index (χ4v) is 1.53. The zero-order valence-corrected chi connectivity index (χ0v) is 10.6. The van der Waals surface area contributed by atoms with E-state index >= 15 is 0 Å². The predicted octanol–water partition coefficient (Wildman–Crippen LogP) is 2.14. The van der Waals surface area contributed by atoms with Crippen LogP contribution in [0.1, 0.15) is 30.1 Å². The molecule has 0 aliphatic heterocycles. The van der Waals surface area contributed by atoms with E-state index in [0.717, 1.165) is 0 Å².